The van der Waals surface area contributed by atoms with E-state index in [-0.39, 0.29) is 16.8 Å². The summed E-state index contributed by atoms with van der Waals surface area (Å²) in [5, 5.41) is 8.97. The molecule has 0 heterocycles. The van der Waals surface area contributed by atoms with Crippen molar-refractivity contribution < 1.29 is 13.5 Å². The number of anilines is 1. The molecule has 0 radical (unpaired) electrons. The molecule has 0 saturated heterocycles. The minimum absolute atomic E-state index is 0.00823. The second kappa shape index (κ2) is 6.42. The van der Waals surface area contributed by atoms with Crippen LogP contribution in [0.25, 0.3) is 0 Å². The normalized spacial score (nSPS) is 13.5. The van der Waals surface area contributed by atoms with Crippen molar-refractivity contribution in [2.45, 2.75) is 28.9 Å². The number of nitrogen functional groups attached to an aromatic ring is 1. The van der Waals surface area contributed by atoms with Crippen molar-refractivity contribution in [1.29, 1.82) is 0 Å². The van der Waals surface area contributed by atoms with Gasteiger partial charge >= 0.3 is 0 Å². The summed E-state index contributed by atoms with van der Waals surface area (Å²) in [6.07, 6.45) is 0. The van der Waals surface area contributed by atoms with Crippen molar-refractivity contribution >= 4 is 27.5 Å². The minimum Gasteiger partial charge on any atom is -0.398 e. The second-order valence-electron chi connectivity index (χ2n) is 3.81. The fourth-order valence-electron chi connectivity index (χ4n) is 1.31. The lowest BCUT2D eigenvalue weighted by Gasteiger charge is -2.12. The number of sulfonamides is 1. The summed E-state index contributed by atoms with van der Waals surface area (Å²) in [6, 6.07) is 4.57. The summed E-state index contributed by atoms with van der Waals surface area (Å²) < 4.78 is 26.1. The second-order valence-corrected chi connectivity index (χ2v) is 7.06. The molecule has 0 aliphatic carbocycles. The van der Waals surface area contributed by atoms with Gasteiger partial charge in [-0.15, -0.1) is 11.8 Å². The fourth-order valence-corrected chi connectivity index (χ4v) is 3.36. The lowest BCUT2D eigenvalue weighted by Crippen LogP contribution is -2.23. The largest absolute Gasteiger partial charge is 0.398 e. The van der Waals surface area contributed by atoms with E-state index in [1.807, 2.05) is 6.92 Å². The molecule has 0 bridgehead atoms. The zero-order valence-corrected chi connectivity index (χ0v) is 12.0. The molecule has 0 fully saturated rings. The number of hydrogen-bond donors (Lipinski definition) is 3. The highest BCUT2D eigenvalue weighted by Gasteiger charge is 2.15. The molecule has 1 aromatic rings. The van der Waals surface area contributed by atoms with E-state index in [0.717, 1.165) is 0 Å². The Balaban J connectivity index is 3.08. The van der Waals surface area contributed by atoms with Crippen LogP contribution in [0.3, 0.4) is 0 Å². The molecule has 0 saturated carbocycles. The first-order chi connectivity index (χ1) is 8.40. The van der Waals surface area contributed by atoms with Crippen molar-refractivity contribution in [2.75, 3.05) is 18.9 Å². The van der Waals surface area contributed by atoms with Crippen LogP contribution in [0.4, 0.5) is 5.69 Å². The predicted octanol–water partition coefficient (Wildman–Crippen LogP) is 1.04. The Hall–Kier alpha value is -0.760. The lowest BCUT2D eigenvalue weighted by atomic mass is 10.3. The Morgan fingerprint density at radius 2 is 2.17 bits per heavy atom. The van der Waals surface area contributed by atoms with Crippen LogP contribution >= 0.6 is 11.8 Å². The van der Waals surface area contributed by atoms with Crippen LogP contribution in [-0.2, 0) is 10.0 Å². The molecule has 1 unspecified atom stereocenters. The molecule has 4 N–H and O–H groups in total. The molecule has 1 atom stereocenters. The Morgan fingerprint density at radius 1 is 1.50 bits per heavy atom. The molecule has 0 spiro atoms. The van der Waals surface area contributed by atoms with Gasteiger partial charge in [-0.2, -0.15) is 0 Å². The number of rotatable bonds is 6. The van der Waals surface area contributed by atoms with Crippen LogP contribution in [-0.4, -0.2) is 31.9 Å². The highest BCUT2D eigenvalue weighted by molar-refractivity contribution is 8.00. The van der Waals surface area contributed by atoms with Crippen LogP contribution in [0.15, 0.2) is 28.0 Å². The minimum atomic E-state index is -3.47. The summed E-state index contributed by atoms with van der Waals surface area (Å²) in [7, 11) is -3.47. The van der Waals surface area contributed by atoms with Gasteiger partial charge in [-0.1, -0.05) is 13.8 Å². The summed E-state index contributed by atoms with van der Waals surface area (Å²) in [6.45, 7) is 3.91. The Kier molecular flexibility index (Phi) is 5.46. The first kappa shape index (κ1) is 15.3. The number of nitrogens with two attached hydrogens (primary N) is 1. The third-order valence-electron chi connectivity index (χ3n) is 2.21. The van der Waals surface area contributed by atoms with E-state index in [1.165, 1.54) is 23.9 Å². The molecule has 0 amide bonds. The molecule has 0 aromatic heterocycles. The number of thioether (sulfide) groups is 1. The maximum absolute atomic E-state index is 11.8. The van der Waals surface area contributed by atoms with Crippen molar-refractivity contribution in [2.24, 2.45) is 0 Å². The summed E-state index contributed by atoms with van der Waals surface area (Å²) >= 11 is 1.35. The van der Waals surface area contributed by atoms with E-state index in [2.05, 4.69) is 4.72 Å². The summed E-state index contributed by atoms with van der Waals surface area (Å²) in [5.74, 6) is 0. The standard InChI is InChI=1S/C11H18N2O3S2/c1-3-13-18(15,16)9-4-5-10(12)11(6-9)17-8(2)7-14/h4-6,8,13-14H,3,7,12H2,1-2H3. The fraction of sp³-hybridized carbons (Fsp3) is 0.455. The van der Waals surface area contributed by atoms with Gasteiger partial charge in [0.25, 0.3) is 0 Å². The smallest absolute Gasteiger partial charge is 0.240 e. The molecule has 102 valence electrons. The molecule has 18 heavy (non-hydrogen) atoms. The SMILES string of the molecule is CCNS(=O)(=O)c1ccc(N)c(SC(C)CO)c1. The average Bonchev–Trinajstić information content (AvgIpc) is 2.31. The molecule has 0 aliphatic rings. The first-order valence-electron chi connectivity index (χ1n) is 5.57. The Morgan fingerprint density at radius 3 is 2.72 bits per heavy atom. The van der Waals surface area contributed by atoms with E-state index >= 15 is 0 Å². The van der Waals surface area contributed by atoms with Gasteiger partial charge in [0.1, 0.15) is 0 Å². The van der Waals surface area contributed by atoms with Crippen molar-refractivity contribution in [1.82, 2.24) is 4.72 Å². The van der Waals surface area contributed by atoms with Crippen molar-refractivity contribution in [3.8, 4) is 0 Å². The molecule has 1 rings (SSSR count). The third-order valence-corrected chi connectivity index (χ3v) is 4.92. The molecular weight excluding hydrogens is 272 g/mol. The number of benzene rings is 1. The van der Waals surface area contributed by atoms with E-state index in [1.54, 1.807) is 13.0 Å². The van der Waals surface area contributed by atoms with E-state index < -0.39 is 10.0 Å². The monoisotopic (exact) mass is 290 g/mol. The van der Waals surface area contributed by atoms with Crippen molar-refractivity contribution in [3.05, 3.63) is 18.2 Å². The average molecular weight is 290 g/mol. The van der Waals surface area contributed by atoms with Gasteiger partial charge < -0.3 is 10.8 Å². The van der Waals surface area contributed by atoms with E-state index in [9.17, 15) is 8.42 Å². The number of aliphatic hydroxyl groups excluding tert-OH is 1. The number of nitrogens with one attached hydrogen (secondary N) is 1. The van der Waals surface area contributed by atoms with E-state index in [4.69, 9.17) is 10.8 Å². The molecule has 7 heteroatoms. The zero-order chi connectivity index (χ0) is 13.8. The maximum Gasteiger partial charge on any atom is 0.240 e. The maximum atomic E-state index is 11.8. The topological polar surface area (TPSA) is 92.4 Å². The molecule has 5 nitrogen and oxygen atoms in total. The zero-order valence-electron chi connectivity index (χ0n) is 10.4. The van der Waals surface area contributed by atoms with Crippen LogP contribution in [0.2, 0.25) is 0 Å². The molecule has 0 aliphatic heterocycles. The van der Waals surface area contributed by atoms with Gasteiger partial charge in [-0.3, -0.25) is 0 Å². The molecule has 1 aromatic carbocycles. The first-order valence-corrected chi connectivity index (χ1v) is 7.93. The van der Waals surface area contributed by atoms with E-state index in [0.29, 0.717) is 17.1 Å². The van der Waals surface area contributed by atoms with Gasteiger partial charge in [0.05, 0.1) is 11.5 Å². The summed E-state index contributed by atoms with van der Waals surface area (Å²) in [4.78, 5) is 0.849. The number of hydrogen-bond acceptors (Lipinski definition) is 5. The third kappa shape index (κ3) is 3.88. The lowest BCUT2D eigenvalue weighted by molar-refractivity contribution is 0.300. The Bertz CT molecular complexity index is 503. The van der Waals surface area contributed by atoms with Crippen LogP contribution in [0.5, 0.6) is 0 Å². The van der Waals surface area contributed by atoms with Gasteiger partial charge in [-0.25, -0.2) is 13.1 Å². The van der Waals surface area contributed by atoms with Gasteiger partial charge in [0, 0.05) is 22.4 Å². The Labute approximate surface area is 112 Å². The number of aliphatic hydroxyl groups is 1. The van der Waals surface area contributed by atoms with Crippen LogP contribution in [0.1, 0.15) is 13.8 Å². The van der Waals surface area contributed by atoms with Crippen LogP contribution in [0, 0.1) is 0 Å². The van der Waals surface area contributed by atoms with Gasteiger partial charge in [0.2, 0.25) is 10.0 Å². The van der Waals surface area contributed by atoms with Gasteiger partial charge in [-0.05, 0) is 18.2 Å². The summed E-state index contributed by atoms with van der Waals surface area (Å²) in [5.41, 5.74) is 6.30. The quantitative estimate of drug-likeness (QED) is 0.538. The van der Waals surface area contributed by atoms with Crippen molar-refractivity contribution in [3.63, 3.8) is 0 Å². The van der Waals surface area contributed by atoms with Gasteiger partial charge in [0.15, 0.2) is 0 Å². The molecular formula is C11H18N2O3S2. The predicted molar refractivity (Wildman–Crippen MR) is 74.1 cm³/mol. The highest BCUT2D eigenvalue weighted by Crippen LogP contribution is 2.30. The van der Waals surface area contributed by atoms with Crippen LogP contribution < -0.4 is 10.5 Å². The highest BCUT2D eigenvalue weighted by atomic mass is 32.2.